The molecule has 4 rings (SSSR count). The maximum Gasteiger partial charge on any atom is 0.134 e. The lowest BCUT2D eigenvalue weighted by molar-refractivity contribution is 0.462. The standard InChI is InChI=1S/C20H26ClN5/c21-16-5-4-8-18(13-16)25-9-11-26(12-10-25)20-14-19(22-15-23-20)24-17-6-2-1-3-7-17/h4-5,8,13-15,17H,1-3,6-7,9-12H2,(H,22,23,24). The number of hydrogen-bond acceptors (Lipinski definition) is 5. The summed E-state index contributed by atoms with van der Waals surface area (Å²) in [4.78, 5) is 13.7. The number of rotatable bonds is 4. The lowest BCUT2D eigenvalue weighted by Crippen LogP contribution is -2.46. The van der Waals surface area contributed by atoms with E-state index in [9.17, 15) is 0 Å². The highest BCUT2D eigenvalue weighted by atomic mass is 35.5. The molecule has 0 unspecified atom stereocenters. The first-order chi connectivity index (χ1) is 12.8. The van der Waals surface area contributed by atoms with Gasteiger partial charge in [-0.25, -0.2) is 9.97 Å². The predicted molar refractivity (Wildman–Crippen MR) is 108 cm³/mol. The van der Waals surface area contributed by atoms with Crippen molar-refractivity contribution in [3.05, 3.63) is 41.7 Å². The van der Waals surface area contributed by atoms with Crippen LogP contribution in [0, 0.1) is 0 Å². The summed E-state index contributed by atoms with van der Waals surface area (Å²) in [5, 5.41) is 4.39. The van der Waals surface area contributed by atoms with Crippen LogP contribution in [0.4, 0.5) is 17.3 Å². The Morgan fingerprint density at radius 3 is 2.46 bits per heavy atom. The molecule has 1 N–H and O–H groups in total. The molecule has 5 nitrogen and oxygen atoms in total. The molecule has 1 aromatic heterocycles. The minimum Gasteiger partial charge on any atom is -0.368 e. The number of nitrogens with zero attached hydrogens (tertiary/aromatic N) is 4. The molecule has 0 bridgehead atoms. The summed E-state index contributed by atoms with van der Waals surface area (Å²) in [6.07, 6.45) is 8.19. The summed E-state index contributed by atoms with van der Waals surface area (Å²) in [5.74, 6) is 1.98. The molecule has 0 radical (unpaired) electrons. The molecular formula is C20H26ClN5. The highest BCUT2D eigenvalue weighted by Gasteiger charge is 2.20. The average molecular weight is 372 g/mol. The zero-order valence-electron chi connectivity index (χ0n) is 15.1. The van der Waals surface area contributed by atoms with E-state index in [1.807, 2.05) is 18.2 Å². The molecule has 1 aromatic carbocycles. The molecule has 1 aliphatic carbocycles. The van der Waals surface area contributed by atoms with E-state index >= 15 is 0 Å². The molecule has 2 aromatic rings. The first-order valence-corrected chi connectivity index (χ1v) is 10.00. The second-order valence-electron chi connectivity index (χ2n) is 7.19. The van der Waals surface area contributed by atoms with Crippen LogP contribution in [-0.4, -0.2) is 42.2 Å². The van der Waals surface area contributed by atoms with Crippen LogP contribution in [0.2, 0.25) is 5.02 Å². The Balaban J connectivity index is 1.37. The van der Waals surface area contributed by atoms with Gasteiger partial charge in [-0.15, -0.1) is 0 Å². The van der Waals surface area contributed by atoms with E-state index in [2.05, 4.69) is 37.2 Å². The van der Waals surface area contributed by atoms with Crippen molar-refractivity contribution in [3.8, 4) is 0 Å². The second-order valence-corrected chi connectivity index (χ2v) is 7.63. The smallest absolute Gasteiger partial charge is 0.134 e. The number of benzene rings is 1. The Bertz CT molecular complexity index is 724. The van der Waals surface area contributed by atoms with E-state index in [1.54, 1.807) is 6.33 Å². The summed E-state index contributed by atoms with van der Waals surface area (Å²) >= 11 is 6.13. The predicted octanol–water partition coefficient (Wildman–Crippen LogP) is 4.20. The zero-order chi connectivity index (χ0) is 17.8. The third-order valence-corrected chi connectivity index (χ3v) is 5.62. The minimum absolute atomic E-state index is 0.561. The SMILES string of the molecule is Clc1cccc(N2CCN(c3cc(NC4CCCCC4)ncn3)CC2)c1. The largest absolute Gasteiger partial charge is 0.368 e. The monoisotopic (exact) mass is 371 g/mol. The second kappa shape index (κ2) is 8.12. The topological polar surface area (TPSA) is 44.3 Å². The average Bonchev–Trinajstić information content (AvgIpc) is 2.69. The molecule has 138 valence electrons. The fourth-order valence-electron chi connectivity index (χ4n) is 3.92. The van der Waals surface area contributed by atoms with Crippen molar-refractivity contribution in [2.75, 3.05) is 41.3 Å². The summed E-state index contributed by atoms with van der Waals surface area (Å²) in [7, 11) is 0. The molecule has 2 fully saturated rings. The molecule has 1 saturated carbocycles. The van der Waals surface area contributed by atoms with Gasteiger partial charge in [-0.1, -0.05) is 36.9 Å². The van der Waals surface area contributed by atoms with Gasteiger partial charge >= 0.3 is 0 Å². The van der Waals surface area contributed by atoms with Gasteiger partial charge in [0.2, 0.25) is 0 Å². The number of hydrogen-bond donors (Lipinski definition) is 1. The number of aromatic nitrogens is 2. The molecule has 26 heavy (non-hydrogen) atoms. The van der Waals surface area contributed by atoms with Crippen molar-refractivity contribution in [3.63, 3.8) is 0 Å². The maximum absolute atomic E-state index is 6.13. The maximum atomic E-state index is 6.13. The van der Waals surface area contributed by atoms with E-state index < -0.39 is 0 Å². The first kappa shape index (κ1) is 17.4. The van der Waals surface area contributed by atoms with Crippen molar-refractivity contribution in [2.24, 2.45) is 0 Å². The number of anilines is 3. The van der Waals surface area contributed by atoms with E-state index in [0.29, 0.717) is 6.04 Å². The molecule has 0 amide bonds. The van der Waals surface area contributed by atoms with Crippen LogP contribution in [0.1, 0.15) is 32.1 Å². The van der Waals surface area contributed by atoms with Crippen LogP contribution in [0.3, 0.4) is 0 Å². The van der Waals surface area contributed by atoms with Crippen molar-refractivity contribution in [2.45, 2.75) is 38.1 Å². The lowest BCUT2D eigenvalue weighted by atomic mass is 9.95. The third-order valence-electron chi connectivity index (χ3n) is 5.39. The number of nitrogens with one attached hydrogen (secondary N) is 1. The summed E-state index contributed by atoms with van der Waals surface area (Å²) < 4.78 is 0. The van der Waals surface area contributed by atoms with E-state index in [-0.39, 0.29) is 0 Å². The first-order valence-electron chi connectivity index (χ1n) is 9.62. The van der Waals surface area contributed by atoms with E-state index in [4.69, 9.17) is 11.6 Å². The van der Waals surface area contributed by atoms with Gasteiger partial charge in [0.25, 0.3) is 0 Å². The highest BCUT2D eigenvalue weighted by Crippen LogP contribution is 2.24. The van der Waals surface area contributed by atoms with Crippen LogP contribution in [-0.2, 0) is 0 Å². The zero-order valence-corrected chi connectivity index (χ0v) is 15.8. The Morgan fingerprint density at radius 1 is 0.923 bits per heavy atom. The van der Waals surface area contributed by atoms with Crippen LogP contribution in [0.5, 0.6) is 0 Å². The molecular weight excluding hydrogens is 346 g/mol. The highest BCUT2D eigenvalue weighted by molar-refractivity contribution is 6.30. The van der Waals surface area contributed by atoms with Crippen LogP contribution in [0.25, 0.3) is 0 Å². The Morgan fingerprint density at radius 2 is 1.69 bits per heavy atom. The molecule has 1 aliphatic heterocycles. The van der Waals surface area contributed by atoms with Crippen molar-refractivity contribution in [1.82, 2.24) is 9.97 Å². The lowest BCUT2D eigenvalue weighted by Gasteiger charge is -2.36. The normalized spacial score (nSPS) is 18.8. The number of piperazine rings is 1. The van der Waals surface area contributed by atoms with Gasteiger partial charge in [-0.2, -0.15) is 0 Å². The molecule has 0 atom stereocenters. The third kappa shape index (κ3) is 4.21. The Kier molecular flexibility index (Phi) is 5.44. The van der Waals surface area contributed by atoms with Gasteiger partial charge in [0.15, 0.2) is 0 Å². The van der Waals surface area contributed by atoms with Crippen LogP contribution in [0.15, 0.2) is 36.7 Å². The van der Waals surface area contributed by atoms with Crippen molar-refractivity contribution >= 4 is 28.9 Å². The minimum atomic E-state index is 0.561. The van der Waals surface area contributed by atoms with Crippen LogP contribution >= 0.6 is 11.6 Å². The van der Waals surface area contributed by atoms with Gasteiger partial charge in [0.1, 0.15) is 18.0 Å². The number of halogens is 1. The van der Waals surface area contributed by atoms with Gasteiger partial charge in [0.05, 0.1) is 0 Å². The summed E-state index contributed by atoms with van der Waals surface area (Å²) in [6.45, 7) is 3.84. The Hall–Kier alpha value is -2.01. The molecule has 2 heterocycles. The van der Waals surface area contributed by atoms with Gasteiger partial charge in [-0.3, -0.25) is 0 Å². The van der Waals surface area contributed by atoms with Gasteiger partial charge < -0.3 is 15.1 Å². The molecule has 1 saturated heterocycles. The van der Waals surface area contributed by atoms with E-state index in [0.717, 1.165) is 42.8 Å². The molecule has 0 spiro atoms. The van der Waals surface area contributed by atoms with Gasteiger partial charge in [0, 0.05) is 49.0 Å². The van der Waals surface area contributed by atoms with Gasteiger partial charge in [-0.05, 0) is 31.0 Å². The molecule has 2 aliphatic rings. The molecule has 6 heteroatoms. The summed E-state index contributed by atoms with van der Waals surface area (Å²) in [6, 6.07) is 10.8. The quantitative estimate of drug-likeness (QED) is 0.872. The fraction of sp³-hybridized carbons (Fsp3) is 0.500. The fourth-order valence-corrected chi connectivity index (χ4v) is 4.11. The van der Waals surface area contributed by atoms with Crippen molar-refractivity contribution < 1.29 is 0 Å². The van der Waals surface area contributed by atoms with E-state index in [1.165, 1.54) is 37.8 Å². The van der Waals surface area contributed by atoms with Crippen LogP contribution < -0.4 is 15.1 Å². The summed E-state index contributed by atoms with van der Waals surface area (Å²) in [5.41, 5.74) is 1.19. The Labute approximate surface area is 160 Å². The van der Waals surface area contributed by atoms with Crippen molar-refractivity contribution in [1.29, 1.82) is 0 Å².